The first kappa shape index (κ1) is 10.3. The van der Waals surface area contributed by atoms with Gasteiger partial charge in [0.05, 0.1) is 5.41 Å². The lowest BCUT2D eigenvalue weighted by atomic mass is 9.92. The molecule has 0 unspecified atom stereocenters. The van der Waals surface area contributed by atoms with Gasteiger partial charge in [0.15, 0.2) is 0 Å². The molecule has 1 aromatic rings. The third-order valence-corrected chi connectivity index (χ3v) is 3.32. The Labute approximate surface area is 95.9 Å². The number of halogens is 1. The number of nitrogens with zero attached hydrogens (tertiary/aromatic N) is 2. The van der Waals surface area contributed by atoms with Crippen LogP contribution in [-0.4, -0.2) is 16.8 Å². The second kappa shape index (κ2) is 3.72. The van der Waals surface area contributed by atoms with Crippen LogP contribution >= 0.6 is 15.9 Å². The first-order valence-corrected chi connectivity index (χ1v) is 5.46. The molecule has 0 atom stereocenters. The van der Waals surface area contributed by atoms with Crippen molar-refractivity contribution in [1.82, 2.24) is 0 Å². The van der Waals surface area contributed by atoms with E-state index in [0.717, 1.165) is 29.1 Å². The lowest BCUT2D eigenvalue weighted by Crippen LogP contribution is -2.21. The van der Waals surface area contributed by atoms with Crippen LogP contribution in [0.15, 0.2) is 28.7 Å². The Morgan fingerprint density at radius 1 is 1.40 bits per heavy atom. The van der Waals surface area contributed by atoms with Gasteiger partial charge in [0, 0.05) is 4.47 Å². The first-order valence-electron chi connectivity index (χ1n) is 4.67. The van der Waals surface area contributed by atoms with Crippen LogP contribution in [0, 0.1) is 0 Å². The topological polar surface area (TPSA) is 53.5 Å². The summed E-state index contributed by atoms with van der Waals surface area (Å²) >= 11 is 3.35. The molecule has 0 N–H and O–H groups in total. The normalized spacial score (nSPS) is 16.6. The van der Waals surface area contributed by atoms with Crippen LogP contribution in [-0.2, 0) is 10.2 Å². The SMILES string of the molecule is [N-]=[N+]=CC(=O)C1(c2ccc(Br)cc2)CC1. The molecule has 0 aromatic heterocycles. The van der Waals surface area contributed by atoms with Crippen molar-refractivity contribution in [1.29, 1.82) is 0 Å². The predicted octanol–water partition coefficient (Wildman–Crippen LogP) is 2.35. The Bertz CT molecular complexity index is 442. The van der Waals surface area contributed by atoms with Crippen LogP contribution in [0.3, 0.4) is 0 Å². The van der Waals surface area contributed by atoms with Crippen molar-refractivity contribution in [2.24, 2.45) is 0 Å². The fourth-order valence-corrected chi connectivity index (χ4v) is 2.01. The van der Waals surface area contributed by atoms with Crippen LogP contribution < -0.4 is 0 Å². The number of carbonyl (C=O) groups excluding carboxylic acids is 1. The molecule has 4 heteroatoms. The van der Waals surface area contributed by atoms with Gasteiger partial charge >= 0.3 is 6.21 Å². The van der Waals surface area contributed by atoms with E-state index in [4.69, 9.17) is 5.53 Å². The van der Waals surface area contributed by atoms with Crippen LogP contribution in [0.5, 0.6) is 0 Å². The summed E-state index contributed by atoms with van der Waals surface area (Å²) < 4.78 is 0.991. The van der Waals surface area contributed by atoms with Gasteiger partial charge in [-0.05, 0) is 30.5 Å². The molecule has 2 rings (SSSR count). The maximum atomic E-state index is 11.7. The van der Waals surface area contributed by atoms with Crippen LogP contribution in [0.2, 0.25) is 0 Å². The molecule has 0 saturated heterocycles. The van der Waals surface area contributed by atoms with E-state index in [1.807, 2.05) is 24.3 Å². The summed E-state index contributed by atoms with van der Waals surface area (Å²) in [6.07, 6.45) is 2.66. The standard InChI is InChI=1S/C11H9BrN2O/c12-9-3-1-8(2-4-9)11(5-6-11)10(15)7-14-13/h1-4,7H,5-6H2. The van der Waals surface area contributed by atoms with E-state index in [2.05, 4.69) is 20.7 Å². The lowest BCUT2D eigenvalue weighted by Gasteiger charge is -2.09. The second-order valence-electron chi connectivity index (χ2n) is 3.70. The first-order chi connectivity index (χ1) is 7.19. The molecule has 0 aliphatic heterocycles. The van der Waals surface area contributed by atoms with Crippen molar-refractivity contribution in [3.8, 4) is 0 Å². The number of ketones is 1. The molecule has 1 aliphatic rings. The summed E-state index contributed by atoms with van der Waals surface area (Å²) in [4.78, 5) is 14.5. The van der Waals surface area contributed by atoms with Crippen molar-refractivity contribution < 1.29 is 9.58 Å². The molecule has 0 amide bonds. The summed E-state index contributed by atoms with van der Waals surface area (Å²) in [5.41, 5.74) is 8.93. The average molecular weight is 265 g/mol. The molecule has 1 saturated carbocycles. The Hall–Kier alpha value is -1.25. The number of benzene rings is 1. The number of hydrogen-bond donors (Lipinski definition) is 0. The molecule has 1 aliphatic carbocycles. The van der Waals surface area contributed by atoms with Gasteiger partial charge in [-0.25, -0.2) is 0 Å². The molecular weight excluding hydrogens is 256 g/mol. The zero-order chi connectivity index (χ0) is 10.9. The minimum Gasteiger partial charge on any atom is -0.361 e. The second-order valence-corrected chi connectivity index (χ2v) is 4.61. The summed E-state index contributed by atoms with van der Waals surface area (Å²) in [6, 6.07) is 7.69. The molecule has 15 heavy (non-hydrogen) atoms. The third-order valence-electron chi connectivity index (χ3n) is 2.79. The Kier molecular flexibility index (Phi) is 2.55. The molecule has 76 valence electrons. The van der Waals surface area contributed by atoms with Gasteiger partial charge in [0.25, 0.3) is 0 Å². The van der Waals surface area contributed by atoms with Crippen molar-refractivity contribution >= 4 is 27.9 Å². The highest BCUT2D eigenvalue weighted by Crippen LogP contribution is 2.48. The summed E-state index contributed by atoms with van der Waals surface area (Å²) in [6.45, 7) is 0. The van der Waals surface area contributed by atoms with Crippen LogP contribution in [0.1, 0.15) is 18.4 Å². The zero-order valence-corrected chi connectivity index (χ0v) is 9.57. The van der Waals surface area contributed by atoms with Gasteiger partial charge in [-0.2, -0.15) is 4.79 Å². The number of hydrogen-bond acceptors (Lipinski definition) is 1. The number of Topliss-reactive ketones (excluding diaryl/α,β-unsaturated/α-hetero) is 1. The van der Waals surface area contributed by atoms with E-state index >= 15 is 0 Å². The Morgan fingerprint density at radius 3 is 2.47 bits per heavy atom. The Morgan fingerprint density at radius 2 is 2.00 bits per heavy atom. The van der Waals surface area contributed by atoms with Gasteiger partial charge in [-0.15, -0.1) is 0 Å². The highest BCUT2D eigenvalue weighted by molar-refractivity contribution is 9.10. The fraction of sp³-hybridized carbons (Fsp3) is 0.273. The van der Waals surface area contributed by atoms with Crippen molar-refractivity contribution in [2.45, 2.75) is 18.3 Å². The van der Waals surface area contributed by atoms with Crippen LogP contribution in [0.4, 0.5) is 0 Å². The molecule has 1 fully saturated rings. The van der Waals surface area contributed by atoms with E-state index in [1.54, 1.807) is 0 Å². The smallest absolute Gasteiger partial charge is 0.324 e. The zero-order valence-electron chi connectivity index (χ0n) is 7.98. The van der Waals surface area contributed by atoms with E-state index in [1.165, 1.54) is 0 Å². The van der Waals surface area contributed by atoms with Gasteiger partial charge < -0.3 is 5.53 Å². The molecule has 3 nitrogen and oxygen atoms in total. The molecule has 0 radical (unpaired) electrons. The maximum absolute atomic E-state index is 11.7. The molecule has 0 spiro atoms. The minimum atomic E-state index is -0.424. The lowest BCUT2D eigenvalue weighted by molar-refractivity contribution is -0.118. The summed E-state index contributed by atoms with van der Waals surface area (Å²) in [5.74, 6) is -0.118. The summed E-state index contributed by atoms with van der Waals surface area (Å²) in [7, 11) is 0. The largest absolute Gasteiger partial charge is 0.361 e. The molecule has 0 heterocycles. The van der Waals surface area contributed by atoms with E-state index in [-0.39, 0.29) is 5.78 Å². The van der Waals surface area contributed by atoms with Gasteiger partial charge in [-0.3, -0.25) is 4.79 Å². The van der Waals surface area contributed by atoms with Crippen molar-refractivity contribution in [2.75, 3.05) is 0 Å². The third kappa shape index (κ3) is 1.78. The van der Waals surface area contributed by atoms with Crippen molar-refractivity contribution in [3.63, 3.8) is 0 Å². The average Bonchev–Trinajstić information content (AvgIpc) is 3.00. The van der Waals surface area contributed by atoms with Crippen LogP contribution in [0.25, 0.3) is 5.53 Å². The van der Waals surface area contributed by atoms with E-state index < -0.39 is 5.41 Å². The van der Waals surface area contributed by atoms with Gasteiger partial charge in [0.1, 0.15) is 0 Å². The molecule has 0 bridgehead atoms. The van der Waals surface area contributed by atoms with Gasteiger partial charge in [-0.1, -0.05) is 28.1 Å². The quantitative estimate of drug-likeness (QED) is 0.470. The van der Waals surface area contributed by atoms with Gasteiger partial charge in [0.2, 0.25) is 5.78 Å². The highest BCUT2D eigenvalue weighted by atomic mass is 79.9. The van der Waals surface area contributed by atoms with Crippen molar-refractivity contribution in [3.05, 3.63) is 39.8 Å². The Balaban J connectivity index is 2.34. The number of rotatable bonds is 3. The monoisotopic (exact) mass is 264 g/mol. The summed E-state index contributed by atoms with van der Waals surface area (Å²) in [5, 5.41) is 0. The van der Waals surface area contributed by atoms with E-state index in [9.17, 15) is 4.79 Å². The predicted molar refractivity (Wildman–Crippen MR) is 59.7 cm³/mol. The molecular formula is C11H9BrN2O. The number of carbonyl (C=O) groups is 1. The van der Waals surface area contributed by atoms with E-state index in [0.29, 0.717) is 0 Å². The molecule has 1 aromatic carbocycles. The fourth-order valence-electron chi connectivity index (χ4n) is 1.75. The minimum absolute atomic E-state index is 0.118. The maximum Gasteiger partial charge on any atom is 0.324 e. The highest BCUT2D eigenvalue weighted by Gasteiger charge is 2.51.